The number of nitrogens with one attached hydrogen (secondary N) is 1. The molecule has 8 heteroatoms. The molecule has 2 heterocycles. The molecule has 1 aliphatic heterocycles. The van der Waals surface area contributed by atoms with Crippen molar-refractivity contribution in [2.75, 3.05) is 38.2 Å². The van der Waals surface area contributed by atoms with E-state index >= 15 is 0 Å². The lowest BCUT2D eigenvalue weighted by Gasteiger charge is -2.24. The second-order valence-corrected chi connectivity index (χ2v) is 8.15. The number of carboxylic acids is 1. The number of aromatic nitrogens is 1. The summed E-state index contributed by atoms with van der Waals surface area (Å²) in [6.45, 7) is 5.29. The molecule has 1 aliphatic rings. The largest absolute Gasteiger partial charge is 0.494 e. The molecule has 0 saturated heterocycles. The van der Waals surface area contributed by atoms with Gasteiger partial charge in [-0.2, -0.15) is 0 Å². The maximum Gasteiger partial charge on any atom is 0.304 e. The number of hydrogen-bond donors (Lipinski definition) is 2. The minimum absolute atomic E-state index is 0.128. The first-order valence-corrected chi connectivity index (χ1v) is 11.5. The fraction of sp³-hybridized carbons (Fsp3) is 0.480. The molecule has 0 radical (unpaired) electrons. The molecule has 0 unspecified atom stereocenters. The third-order valence-electron chi connectivity index (χ3n) is 5.50. The number of rotatable bonds is 13. The van der Waals surface area contributed by atoms with E-state index in [4.69, 9.17) is 9.47 Å². The lowest BCUT2D eigenvalue weighted by Crippen LogP contribution is -2.37. The van der Waals surface area contributed by atoms with Gasteiger partial charge in [0.25, 0.3) is 0 Å². The summed E-state index contributed by atoms with van der Waals surface area (Å²) in [5.74, 6) is -0.0709. The third-order valence-corrected chi connectivity index (χ3v) is 5.50. The van der Waals surface area contributed by atoms with Crippen LogP contribution in [0.25, 0.3) is 0 Å². The zero-order valence-corrected chi connectivity index (χ0v) is 19.2. The number of aliphatic carboxylic acids is 1. The number of anilines is 1. The summed E-state index contributed by atoms with van der Waals surface area (Å²) in [4.78, 5) is 30.3. The van der Waals surface area contributed by atoms with Crippen molar-refractivity contribution in [1.82, 2.24) is 9.88 Å². The van der Waals surface area contributed by atoms with Crippen molar-refractivity contribution in [3.8, 4) is 5.75 Å². The number of fused-ring (bicyclic) bond motifs is 1. The number of hydrogen-bond acceptors (Lipinski definition) is 6. The van der Waals surface area contributed by atoms with Crippen LogP contribution < -0.4 is 10.1 Å². The predicted molar refractivity (Wildman–Crippen MR) is 125 cm³/mol. The van der Waals surface area contributed by atoms with Crippen LogP contribution in [0.15, 0.2) is 42.6 Å². The number of carboxylic acid groups (broad SMARTS) is 1. The van der Waals surface area contributed by atoms with E-state index in [2.05, 4.69) is 10.3 Å². The van der Waals surface area contributed by atoms with E-state index in [-0.39, 0.29) is 12.3 Å². The summed E-state index contributed by atoms with van der Waals surface area (Å²) in [6, 6.07) is 11.6. The number of nitrogens with zero attached hydrogens (tertiary/aromatic N) is 2. The number of benzene rings is 1. The normalized spacial score (nSPS) is 15.6. The van der Waals surface area contributed by atoms with Crippen LogP contribution in [0.2, 0.25) is 0 Å². The monoisotopic (exact) mass is 455 g/mol. The Morgan fingerprint density at radius 3 is 2.85 bits per heavy atom. The van der Waals surface area contributed by atoms with Gasteiger partial charge in [0.1, 0.15) is 11.6 Å². The van der Waals surface area contributed by atoms with Gasteiger partial charge in [0.2, 0.25) is 5.91 Å². The molecule has 178 valence electrons. The van der Waals surface area contributed by atoms with Gasteiger partial charge in [0, 0.05) is 32.4 Å². The molecular formula is C25H33N3O5. The number of carbonyl (C=O) groups excluding carboxylic acids is 1. The molecule has 0 aliphatic carbocycles. The zero-order valence-electron chi connectivity index (χ0n) is 19.2. The average Bonchev–Trinajstić information content (AvgIpc) is 2.93. The molecule has 3 rings (SSSR count). The summed E-state index contributed by atoms with van der Waals surface area (Å²) in [5, 5.41) is 12.5. The topological polar surface area (TPSA) is 101 Å². The highest BCUT2D eigenvalue weighted by atomic mass is 16.5. The van der Waals surface area contributed by atoms with Crippen molar-refractivity contribution in [1.29, 1.82) is 0 Å². The average molecular weight is 456 g/mol. The van der Waals surface area contributed by atoms with E-state index in [1.54, 1.807) is 11.1 Å². The Morgan fingerprint density at radius 1 is 1.21 bits per heavy atom. The summed E-state index contributed by atoms with van der Waals surface area (Å²) >= 11 is 0. The SMILES string of the molecule is CCCOCCN1Cc2cc(OCCCNc3ccccn3)ccc2C[C@@H](CC(=O)O)C1=O. The minimum Gasteiger partial charge on any atom is -0.494 e. The fourth-order valence-electron chi connectivity index (χ4n) is 3.86. The van der Waals surface area contributed by atoms with Gasteiger partial charge in [0.15, 0.2) is 0 Å². The number of amides is 1. The van der Waals surface area contributed by atoms with Crippen molar-refractivity contribution in [3.05, 3.63) is 53.7 Å². The Morgan fingerprint density at radius 2 is 2.09 bits per heavy atom. The van der Waals surface area contributed by atoms with Crippen LogP contribution in [0.5, 0.6) is 5.75 Å². The van der Waals surface area contributed by atoms with Gasteiger partial charge in [-0.15, -0.1) is 0 Å². The van der Waals surface area contributed by atoms with E-state index in [1.807, 2.05) is 43.3 Å². The van der Waals surface area contributed by atoms with Crippen molar-refractivity contribution in [3.63, 3.8) is 0 Å². The van der Waals surface area contributed by atoms with Crippen LogP contribution >= 0.6 is 0 Å². The molecular weight excluding hydrogens is 422 g/mol. The van der Waals surface area contributed by atoms with Gasteiger partial charge in [-0.25, -0.2) is 4.98 Å². The Kier molecular flexibility index (Phi) is 9.50. The predicted octanol–water partition coefficient (Wildman–Crippen LogP) is 3.36. The molecule has 0 spiro atoms. The number of pyridine rings is 1. The molecule has 0 fully saturated rings. The number of carbonyl (C=O) groups is 2. The van der Waals surface area contributed by atoms with Crippen LogP contribution in [0, 0.1) is 5.92 Å². The van der Waals surface area contributed by atoms with Crippen LogP contribution in [0.1, 0.15) is 37.3 Å². The minimum atomic E-state index is -0.960. The van der Waals surface area contributed by atoms with Gasteiger partial charge in [-0.05, 0) is 54.7 Å². The van der Waals surface area contributed by atoms with Crippen molar-refractivity contribution >= 4 is 17.7 Å². The van der Waals surface area contributed by atoms with Gasteiger partial charge in [0.05, 0.1) is 25.6 Å². The smallest absolute Gasteiger partial charge is 0.304 e. The molecule has 0 saturated carbocycles. The van der Waals surface area contributed by atoms with Crippen LogP contribution in [-0.2, 0) is 27.3 Å². The molecule has 1 amide bonds. The van der Waals surface area contributed by atoms with Crippen LogP contribution in [-0.4, -0.2) is 59.8 Å². The Bertz CT molecular complexity index is 906. The lowest BCUT2D eigenvalue weighted by atomic mass is 9.94. The standard InChI is InChI=1S/C25H33N3O5/c1-2-12-32-14-11-28-18-21-16-22(33-13-5-10-27-23-6-3-4-9-26-23)8-7-19(21)15-20(25(28)31)17-24(29)30/h3-4,6-9,16,20H,2,5,10-15,17-18H2,1H3,(H,26,27)(H,29,30)/t20-/m0/s1. The van der Waals surface area contributed by atoms with Gasteiger partial charge in [-0.3, -0.25) is 9.59 Å². The first kappa shape index (κ1) is 24.5. The van der Waals surface area contributed by atoms with Crippen molar-refractivity contribution in [2.45, 2.75) is 39.2 Å². The maximum atomic E-state index is 13.0. The fourth-order valence-corrected chi connectivity index (χ4v) is 3.86. The van der Waals surface area contributed by atoms with Crippen LogP contribution in [0.3, 0.4) is 0 Å². The highest BCUT2D eigenvalue weighted by Crippen LogP contribution is 2.28. The summed E-state index contributed by atoms with van der Waals surface area (Å²) in [6.07, 6.45) is 3.72. The molecule has 33 heavy (non-hydrogen) atoms. The van der Waals surface area contributed by atoms with E-state index in [9.17, 15) is 14.7 Å². The maximum absolute atomic E-state index is 13.0. The molecule has 8 nitrogen and oxygen atoms in total. The second kappa shape index (κ2) is 12.8. The van der Waals surface area contributed by atoms with Crippen molar-refractivity contribution in [2.24, 2.45) is 5.92 Å². The first-order chi connectivity index (χ1) is 16.1. The molecule has 1 aromatic heterocycles. The quantitative estimate of drug-likeness (QED) is 0.447. The molecule has 1 atom stereocenters. The van der Waals surface area contributed by atoms with Gasteiger partial charge >= 0.3 is 5.97 Å². The number of ether oxygens (including phenoxy) is 2. The lowest BCUT2D eigenvalue weighted by molar-refractivity contribution is -0.145. The highest BCUT2D eigenvalue weighted by molar-refractivity contribution is 5.84. The molecule has 2 N–H and O–H groups in total. The van der Waals surface area contributed by atoms with Gasteiger partial charge in [-0.1, -0.05) is 19.1 Å². The van der Waals surface area contributed by atoms with E-state index in [0.29, 0.717) is 39.3 Å². The van der Waals surface area contributed by atoms with E-state index < -0.39 is 11.9 Å². The van der Waals surface area contributed by atoms with Crippen LogP contribution in [0.4, 0.5) is 5.82 Å². The van der Waals surface area contributed by atoms with Gasteiger partial charge < -0.3 is 24.8 Å². The highest BCUT2D eigenvalue weighted by Gasteiger charge is 2.31. The summed E-state index contributed by atoms with van der Waals surface area (Å²) < 4.78 is 11.5. The molecule has 2 aromatic rings. The van der Waals surface area contributed by atoms with Crippen molar-refractivity contribution < 1.29 is 24.2 Å². The zero-order chi connectivity index (χ0) is 23.5. The second-order valence-electron chi connectivity index (χ2n) is 8.15. The molecule has 1 aromatic carbocycles. The summed E-state index contributed by atoms with van der Waals surface area (Å²) in [7, 11) is 0. The van der Waals surface area contributed by atoms with E-state index in [0.717, 1.165) is 42.1 Å². The molecule has 0 bridgehead atoms. The Hall–Kier alpha value is -3.13. The first-order valence-electron chi connectivity index (χ1n) is 11.5. The third kappa shape index (κ3) is 7.75. The Labute approximate surface area is 194 Å². The Balaban J connectivity index is 1.60. The van der Waals surface area contributed by atoms with E-state index in [1.165, 1.54) is 0 Å². The summed E-state index contributed by atoms with van der Waals surface area (Å²) in [5.41, 5.74) is 1.99.